The van der Waals surface area contributed by atoms with Crippen LogP contribution in [0.1, 0.15) is 24.8 Å². The SMILES string of the molecule is OCC1(c2cccc3c(F)cccc23)CCC1. The van der Waals surface area contributed by atoms with Crippen molar-refractivity contribution in [3.8, 4) is 0 Å². The summed E-state index contributed by atoms with van der Waals surface area (Å²) in [5.41, 5.74) is 0.969. The molecule has 2 heteroatoms. The number of hydrogen-bond acceptors (Lipinski definition) is 1. The molecule has 1 aliphatic rings. The van der Waals surface area contributed by atoms with Gasteiger partial charge in [-0.3, -0.25) is 0 Å². The van der Waals surface area contributed by atoms with Crippen LogP contribution in [0.25, 0.3) is 10.8 Å². The number of fused-ring (bicyclic) bond motifs is 1. The molecule has 2 aromatic carbocycles. The normalized spacial score (nSPS) is 18.0. The maximum Gasteiger partial charge on any atom is 0.131 e. The molecule has 0 aromatic heterocycles. The van der Waals surface area contributed by atoms with Crippen LogP contribution >= 0.6 is 0 Å². The molecule has 0 aliphatic heterocycles. The van der Waals surface area contributed by atoms with E-state index in [0.29, 0.717) is 5.39 Å². The summed E-state index contributed by atoms with van der Waals surface area (Å²) in [5.74, 6) is -0.184. The van der Waals surface area contributed by atoms with Crippen LogP contribution in [-0.2, 0) is 5.41 Å². The van der Waals surface area contributed by atoms with Crippen LogP contribution in [-0.4, -0.2) is 11.7 Å². The average molecular weight is 230 g/mol. The minimum atomic E-state index is -0.184. The van der Waals surface area contributed by atoms with E-state index in [1.807, 2.05) is 18.2 Å². The Morgan fingerprint density at radius 3 is 2.41 bits per heavy atom. The van der Waals surface area contributed by atoms with Crippen molar-refractivity contribution in [3.63, 3.8) is 0 Å². The van der Waals surface area contributed by atoms with E-state index < -0.39 is 0 Å². The van der Waals surface area contributed by atoms with E-state index in [2.05, 4.69) is 0 Å². The number of aliphatic hydroxyl groups is 1. The Morgan fingerprint density at radius 2 is 1.76 bits per heavy atom. The smallest absolute Gasteiger partial charge is 0.131 e. The van der Waals surface area contributed by atoms with Crippen LogP contribution in [0.15, 0.2) is 36.4 Å². The molecule has 1 saturated carbocycles. The average Bonchev–Trinajstić information content (AvgIpc) is 2.30. The topological polar surface area (TPSA) is 20.2 Å². The first-order chi connectivity index (χ1) is 8.27. The predicted octanol–water partition coefficient (Wildman–Crippen LogP) is 3.39. The molecule has 1 N–H and O–H groups in total. The van der Waals surface area contributed by atoms with Gasteiger partial charge in [-0.25, -0.2) is 4.39 Å². The van der Waals surface area contributed by atoms with E-state index >= 15 is 0 Å². The lowest BCUT2D eigenvalue weighted by Gasteiger charge is -2.41. The van der Waals surface area contributed by atoms with Crippen molar-refractivity contribution in [1.82, 2.24) is 0 Å². The highest BCUT2D eigenvalue weighted by Crippen LogP contribution is 2.45. The molecule has 3 rings (SSSR count). The third-order valence-corrected chi connectivity index (χ3v) is 4.05. The summed E-state index contributed by atoms with van der Waals surface area (Å²) in [5, 5.41) is 11.2. The van der Waals surface area contributed by atoms with Gasteiger partial charge in [-0.05, 0) is 29.9 Å². The molecule has 17 heavy (non-hydrogen) atoms. The third kappa shape index (κ3) is 1.48. The van der Waals surface area contributed by atoms with Gasteiger partial charge >= 0.3 is 0 Å². The number of hydrogen-bond donors (Lipinski definition) is 1. The summed E-state index contributed by atoms with van der Waals surface area (Å²) in [6.45, 7) is 0.155. The van der Waals surface area contributed by atoms with Gasteiger partial charge in [0.25, 0.3) is 0 Å². The van der Waals surface area contributed by atoms with Crippen LogP contribution in [0.3, 0.4) is 0 Å². The van der Waals surface area contributed by atoms with Gasteiger partial charge in [-0.2, -0.15) is 0 Å². The maximum atomic E-state index is 13.7. The summed E-state index contributed by atoms with van der Waals surface area (Å²) in [6.07, 6.45) is 3.14. The molecule has 1 nitrogen and oxygen atoms in total. The second-order valence-corrected chi connectivity index (χ2v) is 4.93. The quantitative estimate of drug-likeness (QED) is 0.838. The maximum absolute atomic E-state index is 13.7. The zero-order valence-electron chi connectivity index (χ0n) is 9.62. The third-order valence-electron chi connectivity index (χ3n) is 4.05. The van der Waals surface area contributed by atoms with Crippen molar-refractivity contribution < 1.29 is 9.50 Å². The summed E-state index contributed by atoms with van der Waals surface area (Å²) in [4.78, 5) is 0. The highest BCUT2D eigenvalue weighted by molar-refractivity contribution is 5.87. The van der Waals surface area contributed by atoms with Gasteiger partial charge in [0.1, 0.15) is 5.82 Å². The Hall–Kier alpha value is -1.41. The van der Waals surface area contributed by atoms with Crippen LogP contribution in [0.2, 0.25) is 0 Å². The molecule has 0 unspecified atom stereocenters. The van der Waals surface area contributed by atoms with Crippen LogP contribution in [0.5, 0.6) is 0 Å². The summed E-state index contributed by atoms with van der Waals surface area (Å²) in [6, 6.07) is 10.9. The van der Waals surface area contributed by atoms with E-state index in [0.717, 1.165) is 30.2 Å². The van der Waals surface area contributed by atoms with Crippen LogP contribution in [0, 0.1) is 5.82 Å². The van der Waals surface area contributed by atoms with Gasteiger partial charge in [0.15, 0.2) is 0 Å². The van der Waals surface area contributed by atoms with Crippen molar-refractivity contribution in [1.29, 1.82) is 0 Å². The summed E-state index contributed by atoms with van der Waals surface area (Å²) < 4.78 is 13.7. The monoisotopic (exact) mass is 230 g/mol. The number of halogens is 1. The fourth-order valence-electron chi connectivity index (χ4n) is 2.85. The van der Waals surface area contributed by atoms with Gasteiger partial charge in [0.2, 0.25) is 0 Å². The van der Waals surface area contributed by atoms with Crippen molar-refractivity contribution in [2.75, 3.05) is 6.61 Å². The highest BCUT2D eigenvalue weighted by Gasteiger charge is 2.39. The molecule has 1 aliphatic carbocycles. The predicted molar refractivity (Wildman–Crippen MR) is 66.5 cm³/mol. The van der Waals surface area contributed by atoms with E-state index in [-0.39, 0.29) is 17.8 Å². The Labute approximate surface area is 99.9 Å². The van der Waals surface area contributed by atoms with Crippen molar-refractivity contribution in [2.45, 2.75) is 24.7 Å². The fourth-order valence-corrected chi connectivity index (χ4v) is 2.85. The Balaban J connectivity index is 2.26. The number of benzene rings is 2. The lowest BCUT2D eigenvalue weighted by atomic mass is 9.64. The molecule has 0 amide bonds. The number of rotatable bonds is 2. The molecule has 88 valence electrons. The first-order valence-corrected chi connectivity index (χ1v) is 6.05. The lowest BCUT2D eigenvalue weighted by molar-refractivity contribution is 0.121. The van der Waals surface area contributed by atoms with Gasteiger partial charge < -0.3 is 5.11 Å². The van der Waals surface area contributed by atoms with Crippen molar-refractivity contribution in [2.24, 2.45) is 0 Å². The van der Waals surface area contributed by atoms with Crippen LogP contribution < -0.4 is 0 Å². The molecule has 0 spiro atoms. The molecule has 0 radical (unpaired) electrons. The summed E-state index contributed by atoms with van der Waals surface area (Å²) in [7, 11) is 0. The molecular formula is C15H15FO. The van der Waals surface area contributed by atoms with Gasteiger partial charge in [-0.15, -0.1) is 0 Å². The zero-order valence-corrected chi connectivity index (χ0v) is 9.62. The highest BCUT2D eigenvalue weighted by atomic mass is 19.1. The minimum absolute atomic E-state index is 0.132. The van der Waals surface area contributed by atoms with Gasteiger partial charge in [-0.1, -0.05) is 36.8 Å². The fraction of sp³-hybridized carbons (Fsp3) is 0.333. The largest absolute Gasteiger partial charge is 0.395 e. The second kappa shape index (κ2) is 3.81. The minimum Gasteiger partial charge on any atom is -0.395 e. The second-order valence-electron chi connectivity index (χ2n) is 4.93. The Morgan fingerprint density at radius 1 is 1.06 bits per heavy atom. The Bertz CT molecular complexity index is 552. The first-order valence-electron chi connectivity index (χ1n) is 6.05. The summed E-state index contributed by atoms with van der Waals surface area (Å²) >= 11 is 0. The number of aliphatic hydroxyl groups excluding tert-OH is 1. The lowest BCUT2D eigenvalue weighted by Crippen LogP contribution is -2.38. The zero-order chi connectivity index (χ0) is 11.9. The molecule has 2 aromatic rings. The van der Waals surface area contributed by atoms with E-state index in [9.17, 15) is 9.50 Å². The van der Waals surface area contributed by atoms with Gasteiger partial charge in [0, 0.05) is 10.8 Å². The molecule has 0 heterocycles. The molecule has 0 saturated heterocycles. The molecular weight excluding hydrogens is 215 g/mol. The van der Waals surface area contributed by atoms with Crippen LogP contribution in [0.4, 0.5) is 4.39 Å². The van der Waals surface area contributed by atoms with E-state index in [4.69, 9.17) is 0 Å². The molecule has 0 bridgehead atoms. The van der Waals surface area contributed by atoms with Crippen molar-refractivity contribution in [3.05, 3.63) is 47.8 Å². The Kier molecular flexibility index (Phi) is 2.40. The van der Waals surface area contributed by atoms with Gasteiger partial charge in [0.05, 0.1) is 6.61 Å². The van der Waals surface area contributed by atoms with E-state index in [1.54, 1.807) is 12.1 Å². The standard InChI is InChI=1S/C15H15FO/c16-14-7-2-4-11-12(14)5-1-6-13(11)15(10-17)8-3-9-15/h1-2,4-7,17H,3,8-10H2. The first kappa shape index (κ1) is 10.7. The molecule has 1 fully saturated rings. The van der Waals surface area contributed by atoms with E-state index in [1.165, 1.54) is 6.07 Å². The van der Waals surface area contributed by atoms with Crippen molar-refractivity contribution >= 4 is 10.8 Å². The molecule has 0 atom stereocenters.